The van der Waals surface area contributed by atoms with E-state index in [2.05, 4.69) is 5.32 Å². The largest absolute Gasteiger partial charge is 0.495 e. The van der Waals surface area contributed by atoms with Crippen LogP contribution in [0.4, 0.5) is 5.69 Å². The summed E-state index contributed by atoms with van der Waals surface area (Å²) in [5.41, 5.74) is 3.43. The summed E-state index contributed by atoms with van der Waals surface area (Å²) in [4.78, 5) is 12.6. The standard InChI is InChI=1S/C20H25ClN2O4S/c1-13-6-7-14(2)17(10-13)15(3)22-20(24)12-23(28(5,25)26)16-8-9-19(27-4)18(21)11-16/h6-11,15H,12H2,1-5H3,(H,22,24). The van der Waals surface area contributed by atoms with Crippen LogP contribution in [0, 0.1) is 13.8 Å². The van der Waals surface area contributed by atoms with Crippen LogP contribution in [0.1, 0.15) is 29.7 Å². The number of halogens is 1. The van der Waals surface area contributed by atoms with E-state index in [0.717, 1.165) is 27.3 Å². The molecule has 0 fully saturated rings. The fraction of sp³-hybridized carbons (Fsp3) is 0.350. The summed E-state index contributed by atoms with van der Waals surface area (Å²) in [6, 6.07) is 10.3. The molecule has 1 atom stereocenters. The lowest BCUT2D eigenvalue weighted by atomic mass is 10.00. The number of aryl methyl sites for hydroxylation is 2. The van der Waals surface area contributed by atoms with Crippen molar-refractivity contribution in [2.24, 2.45) is 0 Å². The number of nitrogens with one attached hydrogen (secondary N) is 1. The Labute approximate surface area is 171 Å². The van der Waals surface area contributed by atoms with E-state index in [0.29, 0.717) is 11.4 Å². The van der Waals surface area contributed by atoms with Gasteiger partial charge in [0.05, 0.1) is 30.1 Å². The van der Waals surface area contributed by atoms with Gasteiger partial charge in [0, 0.05) is 0 Å². The van der Waals surface area contributed by atoms with E-state index in [1.54, 1.807) is 12.1 Å². The minimum Gasteiger partial charge on any atom is -0.495 e. The highest BCUT2D eigenvalue weighted by atomic mass is 35.5. The lowest BCUT2D eigenvalue weighted by molar-refractivity contribution is -0.120. The molecule has 0 aliphatic rings. The molecule has 0 heterocycles. The molecule has 0 saturated carbocycles. The predicted octanol–water partition coefficient (Wildman–Crippen LogP) is 3.61. The molecule has 6 nitrogen and oxygen atoms in total. The number of hydrogen-bond donors (Lipinski definition) is 1. The van der Waals surface area contributed by atoms with Crippen molar-refractivity contribution in [3.8, 4) is 5.75 Å². The molecular weight excluding hydrogens is 400 g/mol. The number of carbonyl (C=O) groups is 1. The van der Waals surface area contributed by atoms with Gasteiger partial charge in [-0.15, -0.1) is 0 Å². The topological polar surface area (TPSA) is 75.7 Å². The second-order valence-electron chi connectivity index (χ2n) is 6.74. The van der Waals surface area contributed by atoms with Crippen molar-refractivity contribution in [3.05, 3.63) is 58.1 Å². The number of anilines is 1. The van der Waals surface area contributed by atoms with E-state index in [-0.39, 0.29) is 17.6 Å². The van der Waals surface area contributed by atoms with E-state index < -0.39 is 15.9 Å². The van der Waals surface area contributed by atoms with Gasteiger partial charge in [-0.25, -0.2) is 8.42 Å². The number of sulfonamides is 1. The second kappa shape index (κ2) is 8.84. The first kappa shape index (κ1) is 22.0. The lowest BCUT2D eigenvalue weighted by Gasteiger charge is -2.24. The van der Waals surface area contributed by atoms with Crippen molar-refractivity contribution in [3.63, 3.8) is 0 Å². The summed E-state index contributed by atoms with van der Waals surface area (Å²) in [5.74, 6) is 0.0117. The van der Waals surface area contributed by atoms with E-state index in [9.17, 15) is 13.2 Å². The quantitative estimate of drug-likeness (QED) is 0.736. The summed E-state index contributed by atoms with van der Waals surface area (Å²) in [7, 11) is -2.22. The number of carbonyl (C=O) groups excluding carboxylic acids is 1. The number of hydrogen-bond acceptors (Lipinski definition) is 4. The summed E-state index contributed by atoms with van der Waals surface area (Å²) >= 11 is 6.11. The van der Waals surface area contributed by atoms with Crippen LogP contribution >= 0.6 is 11.6 Å². The Bertz CT molecular complexity index is 976. The Morgan fingerprint density at radius 1 is 1.21 bits per heavy atom. The minimum absolute atomic E-state index is 0.256. The Kier molecular flexibility index (Phi) is 6.96. The highest BCUT2D eigenvalue weighted by molar-refractivity contribution is 7.92. The van der Waals surface area contributed by atoms with Gasteiger partial charge in [-0.3, -0.25) is 9.10 Å². The number of ether oxygens (including phenoxy) is 1. The van der Waals surface area contributed by atoms with Crippen molar-refractivity contribution < 1.29 is 17.9 Å². The monoisotopic (exact) mass is 424 g/mol. The SMILES string of the molecule is COc1ccc(N(CC(=O)NC(C)c2cc(C)ccc2C)S(C)(=O)=O)cc1Cl. The van der Waals surface area contributed by atoms with Crippen LogP contribution in [0.15, 0.2) is 36.4 Å². The summed E-state index contributed by atoms with van der Waals surface area (Å²) in [6.07, 6.45) is 1.05. The van der Waals surface area contributed by atoms with Gasteiger partial charge in [0.25, 0.3) is 0 Å². The van der Waals surface area contributed by atoms with Gasteiger partial charge in [-0.05, 0) is 50.1 Å². The maximum atomic E-state index is 12.6. The molecule has 0 radical (unpaired) electrons. The molecule has 0 saturated heterocycles. The third kappa shape index (κ3) is 5.39. The van der Waals surface area contributed by atoms with Crippen LogP contribution < -0.4 is 14.4 Å². The zero-order chi connectivity index (χ0) is 21.1. The van der Waals surface area contributed by atoms with Gasteiger partial charge in [-0.2, -0.15) is 0 Å². The molecule has 2 rings (SSSR count). The number of nitrogens with zero attached hydrogens (tertiary/aromatic N) is 1. The Morgan fingerprint density at radius 3 is 2.46 bits per heavy atom. The number of rotatable bonds is 7. The third-order valence-electron chi connectivity index (χ3n) is 4.39. The maximum Gasteiger partial charge on any atom is 0.241 e. The van der Waals surface area contributed by atoms with E-state index >= 15 is 0 Å². The Morgan fingerprint density at radius 2 is 1.89 bits per heavy atom. The van der Waals surface area contributed by atoms with Crippen LogP contribution in [0.3, 0.4) is 0 Å². The molecule has 1 N–H and O–H groups in total. The summed E-state index contributed by atoms with van der Waals surface area (Å²) in [6.45, 7) is 5.47. The fourth-order valence-electron chi connectivity index (χ4n) is 2.93. The predicted molar refractivity (Wildman–Crippen MR) is 113 cm³/mol. The molecule has 0 spiro atoms. The highest BCUT2D eigenvalue weighted by Crippen LogP contribution is 2.30. The molecule has 0 bridgehead atoms. The second-order valence-corrected chi connectivity index (χ2v) is 9.05. The van der Waals surface area contributed by atoms with E-state index in [1.807, 2.05) is 39.0 Å². The fourth-order valence-corrected chi connectivity index (χ4v) is 4.03. The maximum absolute atomic E-state index is 12.6. The average Bonchev–Trinajstić information content (AvgIpc) is 2.60. The molecule has 1 amide bonds. The van der Waals surface area contributed by atoms with Crippen molar-refractivity contribution in [1.29, 1.82) is 0 Å². The molecule has 0 aromatic heterocycles. The first-order valence-corrected chi connectivity index (χ1v) is 10.9. The number of methoxy groups -OCH3 is 1. The highest BCUT2D eigenvalue weighted by Gasteiger charge is 2.23. The molecule has 2 aromatic rings. The first-order chi connectivity index (χ1) is 13.0. The average molecular weight is 425 g/mol. The van der Waals surface area contributed by atoms with Crippen LogP contribution in [-0.4, -0.2) is 34.2 Å². The summed E-state index contributed by atoms with van der Waals surface area (Å²) in [5, 5.41) is 3.13. The third-order valence-corrected chi connectivity index (χ3v) is 5.83. The molecule has 8 heteroatoms. The molecule has 152 valence electrons. The molecular formula is C20H25ClN2O4S. The van der Waals surface area contributed by atoms with Gasteiger partial charge < -0.3 is 10.1 Å². The summed E-state index contributed by atoms with van der Waals surface area (Å²) < 4.78 is 30.6. The van der Waals surface area contributed by atoms with Crippen LogP contribution in [0.25, 0.3) is 0 Å². The lowest BCUT2D eigenvalue weighted by Crippen LogP contribution is -2.41. The molecule has 1 unspecified atom stereocenters. The Balaban J connectivity index is 2.22. The number of amides is 1. The molecule has 0 aliphatic carbocycles. The van der Waals surface area contributed by atoms with Gasteiger partial charge in [-0.1, -0.05) is 35.4 Å². The molecule has 0 aliphatic heterocycles. The molecule has 28 heavy (non-hydrogen) atoms. The van der Waals surface area contributed by atoms with Gasteiger partial charge in [0.1, 0.15) is 12.3 Å². The minimum atomic E-state index is -3.69. The van der Waals surface area contributed by atoms with E-state index in [1.165, 1.54) is 13.2 Å². The van der Waals surface area contributed by atoms with Crippen LogP contribution in [0.2, 0.25) is 5.02 Å². The van der Waals surface area contributed by atoms with Crippen molar-refractivity contribution in [1.82, 2.24) is 5.32 Å². The normalized spacial score (nSPS) is 12.4. The number of benzene rings is 2. The van der Waals surface area contributed by atoms with Crippen molar-refractivity contribution in [2.75, 3.05) is 24.2 Å². The molecule has 2 aromatic carbocycles. The zero-order valence-corrected chi connectivity index (χ0v) is 18.2. The van der Waals surface area contributed by atoms with Crippen molar-refractivity contribution >= 4 is 33.2 Å². The zero-order valence-electron chi connectivity index (χ0n) is 16.6. The van der Waals surface area contributed by atoms with E-state index in [4.69, 9.17) is 16.3 Å². The van der Waals surface area contributed by atoms with Gasteiger partial charge in [0.2, 0.25) is 15.9 Å². The smallest absolute Gasteiger partial charge is 0.241 e. The van der Waals surface area contributed by atoms with Gasteiger partial charge in [0.15, 0.2) is 0 Å². The first-order valence-electron chi connectivity index (χ1n) is 8.70. The Hall–Kier alpha value is -2.25. The van der Waals surface area contributed by atoms with Crippen LogP contribution in [0.5, 0.6) is 5.75 Å². The van der Waals surface area contributed by atoms with Crippen molar-refractivity contribution in [2.45, 2.75) is 26.8 Å². The van der Waals surface area contributed by atoms with Gasteiger partial charge >= 0.3 is 0 Å². The van der Waals surface area contributed by atoms with Crippen LogP contribution in [-0.2, 0) is 14.8 Å².